The van der Waals surface area contributed by atoms with Gasteiger partial charge in [0.05, 0.1) is 5.39 Å². The molecule has 1 saturated carbocycles. The zero-order valence-corrected chi connectivity index (χ0v) is 12.9. The fourth-order valence-electron chi connectivity index (χ4n) is 3.38. The Labute approximate surface area is 133 Å². The predicted octanol–water partition coefficient (Wildman–Crippen LogP) is 3.66. The lowest BCUT2D eigenvalue weighted by atomic mass is 9.64. The number of nitrogens with zero attached hydrogens (tertiary/aromatic N) is 2. The summed E-state index contributed by atoms with van der Waals surface area (Å²) < 4.78 is 0. The van der Waals surface area contributed by atoms with Gasteiger partial charge in [0.15, 0.2) is 10.8 Å². The molecule has 112 valence electrons. The van der Waals surface area contributed by atoms with Crippen LogP contribution in [0.4, 0.5) is 0 Å². The first-order valence-corrected chi connectivity index (χ1v) is 7.91. The van der Waals surface area contributed by atoms with E-state index >= 15 is 0 Å². The van der Waals surface area contributed by atoms with Gasteiger partial charge in [-0.25, -0.2) is 4.98 Å². The summed E-state index contributed by atoms with van der Waals surface area (Å²) in [7, 11) is 0. The van der Waals surface area contributed by atoms with Gasteiger partial charge in [-0.3, -0.25) is 5.10 Å². The summed E-state index contributed by atoms with van der Waals surface area (Å²) >= 11 is 6.22. The van der Waals surface area contributed by atoms with E-state index in [4.69, 9.17) is 17.3 Å². The van der Waals surface area contributed by atoms with E-state index < -0.39 is 0 Å². The highest BCUT2D eigenvalue weighted by molar-refractivity contribution is 6.35. The van der Waals surface area contributed by atoms with Gasteiger partial charge >= 0.3 is 0 Å². The number of hydrogen-bond donors (Lipinski definition) is 2. The minimum atomic E-state index is 0.155. The van der Waals surface area contributed by atoms with Crippen molar-refractivity contribution in [3.05, 3.63) is 47.2 Å². The number of rotatable bonds is 3. The molecule has 0 amide bonds. The molecule has 22 heavy (non-hydrogen) atoms. The number of aromatic amines is 1. The maximum Gasteiger partial charge on any atom is 0.160 e. The Balaban J connectivity index is 1.87. The highest BCUT2D eigenvalue weighted by Gasteiger charge is 2.37. The Morgan fingerprint density at radius 1 is 1.27 bits per heavy atom. The van der Waals surface area contributed by atoms with E-state index in [-0.39, 0.29) is 5.41 Å². The molecule has 1 fully saturated rings. The topological polar surface area (TPSA) is 67.6 Å². The third kappa shape index (κ3) is 1.95. The van der Waals surface area contributed by atoms with E-state index in [1.165, 1.54) is 24.8 Å². The average Bonchev–Trinajstić information content (AvgIpc) is 2.89. The molecule has 0 spiro atoms. The lowest BCUT2D eigenvalue weighted by Gasteiger charge is -2.41. The van der Waals surface area contributed by atoms with Crippen molar-refractivity contribution in [3.63, 3.8) is 0 Å². The first-order chi connectivity index (χ1) is 10.7. The summed E-state index contributed by atoms with van der Waals surface area (Å²) in [6.45, 7) is 0.703. The standard InChI is InChI=1S/C17H17ClN4/c18-15-14-13(5-8-20-16(14)22-21-15)11-3-1-4-12(9-11)17(10-19)6-2-7-17/h1,3-5,8-9H,2,6-7,10,19H2,(H,20,21,22). The van der Waals surface area contributed by atoms with E-state index in [1.807, 2.05) is 6.07 Å². The second-order valence-electron chi connectivity index (χ2n) is 6.02. The third-order valence-corrected chi connectivity index (χ3v) is 5.18. The molecule has 1 aliphatic rings. The van der Waals surface area contributed by atoms with E-state index in [0.717, 1.165) is 16.5 Å². The van der Waals surface area contributed by atoms with Gasteiger partial charge in [0.2, 0.25) is 0 Å². The molecule has 5 heteroatoms. The van der Waals surface area contributed by atoms with Crippen LogP contribution in [0.2, 0.25) is 5.15 Å². The highest BCUT2D eigenvalue weighted by atomic mass is 35.5. The van der Waals surface area contributed by atoms with Gasteiger partial charge in [0.1, 0.15) is 0 Å². The summed E-state index contributed by atoms with van der Waals surface area (Å²) in [5.74, 6) is 0. The molecule has 2 aromatic heterocycles. The molecule has 0 saturated heterocycles. The van der Waals surface area contributed by atoms with Crippen molar-refractivity contribution >= 4 is 22.6 Å². The molecule has 1 aromatic carbocycles. The van der Waals surface area contributed by atoms with Crippen LogP contribution < -0.4 is 5.73 Å². The van der Waals surface area contributed by atoms with Gasteiger partial charge in [-0.15, -0.1) is 0 Å². The number of hydrogen-bond acceptors (Lipinski definition) is 3. The van der Waals surface area contributed by atoms with Crippen LogP contribution in [-0.2, 0) is 5.41 Å². The quantitative estimate of drug-likeness (QED) is 0.775. The molecule has 1 aliphatic carbocycles. The fraction of sp³-hybridized carbons (Fsp3) is 0.294. The zero-order chi connectivity index (χ0) is 15.2. The van der Waals surface area contributed by atoms with Crippen molar-refractivity contribution < 1.29 is 0 Å². The van der Waals surface area contributed by atoms with E-state index in [0.29, 0.717) is 17.3 Å². The Bertz CT molecular complexity index is 830. The van der Waals surface area contributed by atoms with Crippen LogP contribution in [0.3, 0.4) is 0 Å². The molecule has 4 nitrogen and oxygen atoms in total. The lowest BCUT2D eigenvalue weighted by molar-refractivity contribution is 0.253. The predicted molar refractivity (Wildman–Crippen MR) is 88.9 cm³/mol. The first kappa shape index (κ1) is 13.7. The van der Waals surface area contributed by atoms with Gasteiger partial charge in [-0.05, 0) is 35.6 Å². The van der Waals surface area contributed by atoms with Crippen LogP contribution in [0.15, 0.2) is 36.5 Å². The molecular weight excluding hydrogens is 296 g/mol. The fourth-order valence-corrected chi connectivity index (χ4v) is 3.62. The van der Waals surface area contributed by atoms with Crippen molar-refractivity contribution in [2.75, 3.05) is 6.54 Å². The van der Waals surface area contributed by atoms with Crippen molar-refractivity contribution in [1.29, 1.82) is 0 Å². The molecule has 0 unspecified atom stereocenters. The first-order valence-electron chi connectivity index (χ1n) is 7.53. The third-order valence-electron chi connectivity index (χ3n) is 4.90. The smallest absolute Gasteiger partial charge is 0.160 e. The second-order valence-corrected chi connectivity index (χ2v) is 6.37. The second kappa shape index (κ2) is 5.07. The van der Waals surface area contributed by atoms with Gasteiger partial charge < -0.3 is 5.73 Å². The minimum absolute atomic E-state index is 0.155. The van der Waals surface area contributed by atoms with Crippen LogP contribution in [0.5, 0.6) is 0 Å². The lowest BCUT2D eigenvalue weighted by Crippen LogP contribution is -2.41. The SMILES string of the molecule is NCC1(c2cccc(-c3ccnc4[nH]nc(Cl)c34)c2)CCC1. The highest BCUT2D eigenvalue weighted by Crippen LogP contribution is 2.44. The van der Waals surface area contributed by atoms with Gasteiger partial charge in [0, 0.05) is 18.2 Å². The number of pyridine rings is 1. The summed E-state index contributed by atoms with van der Waals surface area (Å²) in [5, 5.41) is 8.25. The maximum atomic E-state index is 6.22. The average molecular weight is 313 g/mol. The number of H-pyrrole nitrogens is 1. The van der Waals surface area contributed by atoms with E-state index in [1.54, 1.807) is 6.20 Å². The number of halogens is 1. The van der Waals surface area contributed by atoms with Gasteiger partial charge in [0.25, 0.3) is 0 Å². The number of fused-ring (bicyclic) bond motifs is 1. The summed E-state index contributed by atoms with van der Waals surface area (Å²) in [6, 6.07) is 10.6. The summed E-state index contributed by atoms with van der Waals surface area (Å²) in [5.41, 5.74) is 10.4. The molecule has 0 bridgehead atoms. The van der Waals surface area contributed by atoms with Crippen LogP contribution >= 0.6 is 11.6 Å². The maximum absolute atomic E-state index is 6.22. The molecule has 0 radical (unpaired) electrons. The molecule has 4 rings (SSSR count). The molecule has 2 heterocycles. The van der Waals surface area contributed by atoms with Gasteiger partial charge in [-0.1, -0.05) is 42.3 Å². The minimum Gasteiger partial charge on any atom is -0.330 e. The van der Waals surface area contributed by atoms with Crippen LogP contribution in [-0.4, -0.2) is 21.7 Å². The van der Waals surface area contributed by atoms with E-state index in [9.17, 15) is 0 Å². The van der Waals surface area contributed by atoms with Crippen LogP contribution in [0.1, 0.15) is 24.8 Å². The van der Waals surface area contributed by atoms with Crippen molar-refractivity contribution in [3.8, 4) is 11.1 Å². The largest absolute Gasteiger partial charge is 0.330 e. The molecule has 0 atom stereocenters. The number of nitrogens with two attached hydrogens (primary N) is 1. The van der Waals surface area contributed by atoms with Gasteiger partial charge in [-0.2, -0.15) is 5.10 Å². The van der Waals surface area contributed by atoms with Crippen molar-refractivity contribution in [2.24, 2.45) is 5.73 Å². The molecule has 3 N–H and O–H groups in total. The Kier molecular flexibility index (Phi) is 3.17. The monoisotopic (exact) mass is 312 g/mol. The van der Waals surface area contributed by atoms with Crippen LogP contribution in [0.25, 0.3) is 22.2 Å². The zero-order valence-electron chi connectivity index (χ0n) is 12.1. The molecule has 3 aromatic rings. The summed E-state index contributed by atoms with van der Waals surface area (Å²) in [4.78, 5) is 4.28. The Hall–Kier alpha value is -1.91. The molecular formula is C17H17ClN4. The number of aromatic nitrogens is 3. The van der Waals surface area contributed by atoms with Crippen molar-refractivity contribution in [2.45, 2.75) is 24.7 Å². The summed E-state index contributed by atoms with van der Waals surface area (Å²) in [6.07, 6.45) is 5.38. The van der Waals surface area contributed by atoms with Crippen molar-refractivity contribution in [1.82, 2.24) is 15.2 Å². The van der Waals surface area contributed by atoms with Crippen LogP contribution in [0, 0.1) is 0 Å². The normalized spacial score (nSPS) is 16.6. The number of benzene rings is 1. The Morgan fingerprint density at radius 2 is 2.14 bits per heavy atom. The Morgan fingerprint density at radius 3 is 2.86 bits per heavy atom. The number of nitrogens with one attached hydrogen (secondary N) is 1. The van der Waals surface area contributed by atoms with E-state index in [2.05, 4.69) is 39.4 Å². The molecule has 0 aliphatic heterocycles.